The summed E-state index contributed by atoms with van der Waals surface area (Å²) >= 11 is 0. The van der Waals surface area contributed by atoms with Crippen LogP contribution in [0.1, 0.15) is 45.6 Å². The van der Waals surface area contributed by atoms with Crippen LogP contribution in [0, 0.1) is 0 Å². The van der Waals surface area contributed by atoms with E-state index >= 15 is 0 Å². The summed E-state index contributed by atoms with van der Waals surface area (Å²) in [5, 5.41) is 7.26. The van der Waals surface area contributed by atoms with Crippen molar-refractivity contribution >= 4 is 12.0 Å². The number of piperidine rings is 1. The lowest BCUT2D eigenvalue weighted by Gasteiger charge is -2.35. The number of hydrogen-bond acceptors (Lipinski definition) is 4. The number of carbonyl (C=O) groups excluding carboxylic acids is 2. The molecule has 2 heterocycles. The zero-order chi connectivity index (χ0) is 20.1. The average Bonchev–Trinajstić information content (AvgIpc) is 3.19. The third kappa shape index (κ3) is 4.91. The number of aromatic nitrogens is 2. The predicted molar refractivity (Wildman–Crippen MR) is 106 cm³/mol. The lowest BCUT2D eigenvalue weighted by Crippen LogP contribution is -2.53. The van der Waals surface area contributed by atoms with E-state index in [9.17, 15) is 9.59 Å². The van der Waals surface area contributed by atoms with Crippen molar-refractivity contribution in [1.29, 1.82) is 0 Å². The van der Waals surface area contributed by atoms with Crippen LogP contribution in [-0.2, 0) is 16.1 Å². The van der Waals surface area contributed by atoms with E-state index in [0.29, 0.717) is 19.5 Å². The molecule has 1 aliphatic rings. The Balaban J connectivity index is 1.68. The summed E-state index contributed by atoms with van der Waals surface area (Å²) in [6, 6.07) is 9.15. The molecule has 1 saturated heterocycles. The van der Waals surface area contributed by atoms with E-state index in [0.717, 1.165) is 24.1 Å². The Morgan fingerprint density at radius 3 is 2.71 bits per heavy atom. The minimum absolute atomic E-state index is 0.152. The van der Waals surface area contributed by atoms with Crippen LogP contribution < -0.4 is 5.32 Å². The summed E-state index contributed by atoms with van der Waals surface area (Å²) in [7, 11) is 0. The molecule has 2 amide bonds. The highest BCUT2D eigenvalue weighted by Crippen LogP contribution is 2.21. The Hall–Kier alpha value is -2.83. The van der Waals surface area contributed by atoms with Crippen molar-refractivity contribution in [3.63, 3.8) is 0 Å². The number of carbonyl (C=O) groups is 2. The van der Waals surface area contributed by atoms with Crippen LogP contribution in [0.25, 0.3) is 5.69 Å². The molecule has 0 aliphatic carbocycles. The SMILES string of the molecule is CC(C)(C)OC(=O)N1CCCCC1C(=O)NCc1ccccc1-n1cccn1. The van der Waals surface area contributed by atoms with E-state index in [1.54, 1.807) is 15.8 Å². The molecule has 3 rings (SSSR count). The van der Waals surface area contributed by atoms with E-state index in [4.69, 9.17) is 4.74 Å². The normalized spacial score (nSPS) is 17.2. The summed E-state index contributed by atoms with van der Waals surface area (Å²) in [4.78, 5) is 27.0. The Morgan fingerprint density at radius 1 is 1.21 bits per heavy atom. The van der Waals surface area contributed by atoms with Crippen molar-refractivity contribution in [3.8, 4) is 5.69 Å². The van der Waals surface area contributed by atoms with Crippen LogP contribution in [0.15, 0.2) is 42.7 Å². The van der Waals surface area contributed by atoms with Gasteiger partial charge in [0.1, 0.15) is 11.6 Å². The molecule has 2 aromatic rings. The topological polar surface area (TPSA) is 76.5 Å². The van der Waals surface area contributed by atoms with Gasteiger partial charge in [-0.3, -0.25) is 9.69 Å². The molecule has 0 radical (unpaired) electrons. The van der Waals surface area contributed by atoms with Crippen LogP contribution in [0.5, 0.6) is 0 Å². The molecule has 0 saturated carbocycles. The number of para-hydroxylation sites is 1. The van der Waals surface area contributed by atoms with Crippen molar-refractivity contribution in [1.82, 2.24) is 20.0 Å². The number of ether oxygens (including phenoxy) is 1. The van der Waals surface area contributed by atoms with E-state index in [-0.39, 0.29) is 5.91 Å². The zero-order valence-corrected chi connectivity index (χ0v) is 16.7. The summed E-state index contributed by atoms with van der Waals surface area (Å²) in [5.74, 6) is -0.152. The first-order valence-corrected chi connectivity index (χ1v) is 9.70. The first-order valence-electron chi connectivity index (χ1n) is 9.70. The Kier molecular flexibility index (Phi) is 6.02. The lowest BCUT2D eigenvalue weighted by atomic mass is 10.0. The molecule has 150 valence electrons. The molecule has 7 nitrogen and oxygen atoms in total. The fourth-order valence-electron chi connectivity index (χ4n) is 3.34. The number of likely N-dealkylation sites (tertiary alicyclic amines) is 1. The maximum Gasteiger partial charge on any atom is 0.410 e. The molecule has 1 aliphatic heterocycles. The van der Waals surface area contributed by atoms with Gasteiger partial charge in [0, 0.05) is 25.5 Å². The molecule has 1 unspecified atom stereocenters. The average molecular weight is 384 g/mol. The molecule has 1 aromatic carbocycles. The standard InChI is InChI=1S/C21H28N4O3/c1-21(2,3)28-20(27)24-13-7-6-11-18(24)19(26)22-15-16-9-4-5-10-17(16)25-14-8-12-23-25/h4-5,8-10,12,14,18H,6-7,11,13,15H2,1-3H3,(H,22,26). The quantitative estimate of drug-likeness (QED) is 0.878. The van der Waals surface area contributed by atoms with Gasteiger partial charge < -0.3 is 10.1 Å². The molecule has 1 aromatic heterocycles. The van der Waals surface area contributed by atoms with Crippen LogP contribution in [0.2, 0.25) is 0 Å². The highest BCUT2D eigenvalue weighted by atomic mass is 16.6. The first kappa shape index (κ1) is 19.9. The van der Waals surface area contributed by atoms with Crippen LogP contribution in [0.4, 0.5) is 4.79 Å². The van der Waals surface area contributed by atoms with E-state index < -0.39 is 17.7 Å². The third-order valence-corrected chi connectivity index (χ3v) is 4.63. The van der Waals surface area contributed by atoms with Gasteiger partial charge in [-0.15, -0.1) is 0 Å². The lowest BCUT2D eigenvalue weighted by molar-refractivity contribution is -0.127. The van der Waals surface area contributed by atoms with Crippen LogP contribution >= 0.6 is 0 Å². The van der Waals surface area contributed by atoms with Crippen LogP contribution in [0.3, 0.4) is 0 Å². The highest BCUT2D eigenvalue weighted by Gasteiger charge is 2.34. The number of amides is 2. The monoisotopic (exact) mass is 384 g/mol. The summed E-state index contributed by atoms with van der Waals surface area (Å²) < 4.78 is 7.26. The second kappa shape index (κ2) is 8.46. The molecule has 1 atom stereocenters. The van der Waals surface area contributed by atoms with E-state index in [1.165, 1.54) is 0 Å². The molecule has 0 spiro atoms. The summed E-state index contributed by atoms with van der Waals surface area (Å²) in [6.07, 6.45) is 5.60. The number of rotatable bonds is 4. The van der Waals surface area contributed by atoms with Crippen molar-refractivity contribution in [2.24, 2.45) is 0 Å². The maximum atomic E-state index is 12.9. The van der Waals surface area contributed by atoms with Gasteiger partial charge >= 0.3 is 6.09 Å². The second-order valence-corrected chi connectivity index (χ2v) is 7.98. The van der Waals surface area contributed by atoms with Crippen molar-refractivity contribution in [2.75, 3.05) is 6.54 Å². The van der Waals surface area contributed by atoms with Gasteiger partial charge in [0.25, 0.3) is 0 Å². The molecule has 1 N–H and O–H groups in total. The number of benzene rings is 1. The largest absolute Gasteiger partial charge is 0.444 e. The summed E-state index contributed by atoms with van der Waals surface area (Å²) in [6.45, 7) is 6.40. The molecule has 0 bridgehead atoms. The number of nitrogens with zero attached hydrogens (tertiary/aromatic N) is 3. The van der Waals surface area contributed by atoms with Crippen molar-refractivity contribution < 1.29 is 14.3 Å². The van der Waals surface area contributed by atoms with Crippen molar-refractivity contribution in [2.45, 2.75) is 58.2 Å². The molecular weight excluding hydrogens is 356 g/mol. The Bertz CT molecular complexity index is 811. The van der Waals surface area contributed by atoms with Gasteiger partial charge in [0.2, 0.25) is 5.91 Å². The van der Waals surface area contributed by atoms with Gasteiger partial charge in [-0.2, -0.15) is 5.10 Å². The second-order valence-electron chi connectivity index (χ2n) is 7.98. The Morgan fingerprint density at radius 2 is 2.00 bits per heavy atom. The number of hydrogen-bond donors (Lipinski definition) is 1. The third-order valence-electron chi connectivity index (χ3n) is 4.63. The van der Waals surface area contributed by atoms with Gasteiger partial charge in [0.05, 0.1) is 5.69 Å². The maximum absolute atomic E-state index is 12.9. The van der Waals surface area contributed by atoms with Crippen molar-refractivity contribution in [3.05, 3.63) is 48.3 Å². The first-order chi connectivity index (χ1) is 13.3. The number of nitrogens with one attached hydrogen (secondary N) is 1. The van der Waals surface area contributed by atoms with Gasteiger partial charge in [-0.25, -0.2) is 9.48 Å². The smallest absolute Gasteiger partial charge is 0.410 e. The zero-order valence-electron chi connectivity index (χ0n) is 16.7. The fourth-order valence-corrected chi connectivity index (χ4v) is 3.34. The van der Waals surface area contributed by atoms with Crippen LogP contribution in [-0.4, -0.2) is 44.9 Å². The minimum Gasteiger partial charge on any atom is -0.444 e. The van der Waals surface area contributed by atoms with E-state index in [2.05, 4.69) is 10.4 Å². The van der Waals surface area contributed by atoms with E-state index in [1.807, 2.05) is 57.3 Å². The molecular formula is C21H28N4O3. The van der Waals surface area contributed by atoms with Gasteiger partial charge in [-0.1, -0.05) is 18.2 Å². The predicted octanol–water partition coefficient (Wildman–Crippen LogP) is 3.28. The summed E-state index contributed by atoms with van der Waals surface area (Å²) in [5.41, 5.74) is 1.29. The van der Waals surface area contributed by atoms with Gasteiger partial charge in [0.15, 0.2) is 0 Å². The van der Waals surface area contributed by atoms with Gasteiger partial charge in [-0.05, 0) is 57.7 Å². The molecule has 7 heteroatoms. The molecule has 28 heavy (non-hydrogen) atoms. The minimum atomic E-state index is -0.585. The Labute approximate surface area is 165 Å². The fraction of sp³-hybridized carbons (Fsp3) is 0.476. The highest BCUT2D eigenvalue weighted by molar-refractivity contribution is 5.86. The molecule has 1 fully saturated rings.